The summed E-state index contributed by atoms with van der Waals surface area (Å²) in [7, 11) is 0. The molecule has 0 aliphatic rings. The van der Waals surface area contributed by atoms with E-state index in [9.17, 15) is 0 Å². The maximum absolute atomic E-state index is 4.41. The van der Waals surface area contributed by atoms with Crippen molar-refractivity contribution in [2.75, 3.05) is 0 Å². The van der Waals surface area contributed by atoms with Gasteiger partial charge in [-0.3, -0.25) is 4.98 Å². The number of aromatic nitrogens is 1. The van der Waals surface area contributed by atoms with Gasteiger partial charge in [-0.1, -0.05) is 42.5 Å². The summed E-state index contributed by atoms with van der Waals surface area (Å²) < 4.78 is 0. The highest BCUT2D eigenvalue weighted by Crippen LogP contribution is 2.20. The molecule has 2 heteroatoms. The van der Waals surface area contributed by atoms with Crippen LogP contribution in [0.3, 0.4) is 0 Å². The number of benzene rings is 2. The average molecular weight is 276 g/mol. The van der Waals surface area contributed by atoms with Crippen LogP contribution >= 0.6 is 0 Å². The Bertz CT molecular complexity index is 744. The Labute approximate surface area is 125 Å². The first kappa shape index (κ1) is 13.8. The van der Waals surface area contributed by atoms with Gasteiger partial charge in [0.05, 0.1) is 5.52 Å². The van der Waals surface area contributed by atoms with Gasteiger partial charge in [-0.25, -0.2) is 0 Å². The Hall–Kier alpha value is -2.19. The van der Waals surface area contributed by atoms with E-state index in [1.54, 1.807) is 0 Å². The van der Waals surface area contributed by atoms with Crippen LogP contribution in [0.2, 0.25) is 0 Å². The number of hydrogen-bond acceptors (Lipinski definition) is 2. The van der Waals surface area contributed by atoms with Gasteiger partial charge in [0.15, 0.2) is 0 Å². The molecule has 0 saturated heterocycles. The topological polar surface area (TPSA) is 24.9 Å². The zero-order valence-corrected chi connectivity index (χ0v) is 12.5. The molecule has 0 bridgehead atoms. The van der Waals surface area contributed by atoms with Crippen LogP contribution in [0.1, 0.15) is 29.7 Å². The molecule has 0 aliphatic carbocycles. The van der Waals surface area contributed by atoms with Gasteiger partial charge >= 0.3 is 0 Å². The molecule has 0 saturated carbocycles. The minimum absolute atomic E-state index is 0.332. The maximum Gasteiger partial charge on any atom is 0.0705 e. The molecule has 2 aromatic carbocycles. The van der Waals surface area contributed by atoms with Crippen molar-refractivity contribution < 1.29 is 0 Å². The minimum Gasteiger partial charge on any atom is -0.306 e. The van der Waals surface area contributed by atoms with Crippen molar-refractivity contribution in [2.24, 2.45) is 0 Å². The molecule has 1 aromatic heterocycles. The third-order valence-electron chi connectivity index (χ3n) is 3.99. The highest BCUT2D eigenvalue weighted by atomic mass is 14.9. The van der Waals surface area contributed by atoms with Crippen molar-refractivity contribution in [3.63, 3.8) is 0 Å². The van der Waals surface area contributed by atoms with Crippen molar-refractivity contribution in [1.82, 2.24) is 10.3 Å². The Morgan fingerprint density at radius 1 is 1.00 bits per heavy atom. The Morgan fingerprint density at radius 3 is 2.62 bits per heavy atom. The molecule has 0 aliphatic heterocycles. The van der Waals surface area contributed by atoms with E-state index in [1.165, 1.54) is 22.1 Å². The lowest BCUT2D eigenvalue weighted by atomic mass is 10.0. The third kappa shape index (κ3) is 2.96. The molecule has 0 unspecified atom stereocenters. The summed E-state index contributed by atoms with van der Waals surface area (Å²) in [6, 6.07) is 19.3. The predicted molar refractivity (Wildman–Crippen MR) is 88.2 cm³/mol. The van der Waals surface area contributed by atoms with E-state index in [-0.39, 0.29) is 0 Å². The summed E-state index contributed by atoms with van der Waals surface area (Å²) >= 11 is 0. The van der Waals surface area contributed by atoms with E-state index in [1.807, 2.05) is 12.3 Å². The lowest BCUT2D eigenvalue weighted by molar-refractivity contribution is 0.574. The fraction of sp³-hybridized carbons (Fsp3) is 0.211. The van der Waals surface area contributed by atoms with Gasteiger partial charge in [0, 0.05) is 24.2 Å². The Balaban J connectivity index is 1.79. The highest BCUT2D eigenvalue weighted by Gasteiger charge is 2.08. The first-order valence-corrected chi connectivity index (χ1v) is 7.37. The van der Waals surface area contributed by atoms with Crippen molar-refractivity contribution >= 4 is 10.9 Å². The van der Waals surface area contributed by atoms with Crippen LogP contribution < -0.4 is 5.32 Å². The van der Waals surface area contributed by atoms with Gasteiger partial charge in [0.25, 0.3) is 0 Å². The van der Waals surface area contributed by atoms with Crippen molar-refractivity contribution in [3.8, 4) is 0 Å². The van der Waals surface area contributed by atoms with Crippen LogP contribution in [-0.2, 0) is 6.54 Å². The number of pyridine rings is 1. The quantitative estimate of drug-likeness (QED) is 0.764. The van der Waals surface area contributed by atoms with E-state index >= 15 is 0 Å². The second kappa shape index (κ2) is 6.06. The molecule has 3 aromatic rings. The smallest absolute Gasteiger partial charge is 0.0705 e. The van der Waals surface area contributed by atoms with E-state index in [0.29, 0.717) is 6.04 Å². The fourth-order valence-electron chi connectivity index (χ4n) is 2.75. The molecule has 2 nitrogen and oxygen atoms in total. The van der Waals surface area contributed by atoms with Gasteiger partial charge in [-0.05, 0) is 42.7 Å². The molecule has 0 amide bonds. The predicted octanol–water partition coefficient (Wildman–Crippen LogP) is 4.39. The largest absolute Gasteiger partial charge is 0.306 e. The fourth-order valence-corrected chi connectivity index (χ4v) is 2.75. The lowest BCUT2D eigenvalue weighted by Gasteiger charge is -2.17. The summed E-state index contributed by atoms with van der Waals surface area (Å²) in [5, 5.41) is 4.85. The first-order valence-electron chi connectivity index (χ1n) is 7.37. The number of hydrogen-bond donors (Lipinski definition) is 1. The van der Waals surface area contributed by atoms with E-state index < -0.39 is 0 Å². The Kier molecular flexibility index (Phi) is 3.98. The molecule has 0 fully saturated rings. The maximum atomic E-state index is 4.41. The molecule has 3 rings (SSSR count). The summed E-state index contributed by atoms with van der Waals surface area (Å²) in [6.45, 7) is 5.22. The summed E-state index contributed by atoms with van der Waals surface area (Å²) in [5.74, 6) is 0. The summed E-state index contributed by atoms with van der Waals surface area (Å²) in [5.41, 5.74) is 5.04. The van der Waals surface area contributed by atoms with Crippen LogP contribution in [-0.4, -0.2) is 4.98 Å². The molecular formula is C19H20N2. The monoisotopic (exact) mass is 276 g/mol. The van der Waals surface area contributed by atoms with Crippen molar-refractivity contribution in [1.29, 1.82) is 0 Å². The third-order valence-corrected chi connectivity index (χ3v) is 3.99. The summed E-state index contributed by atoms with van der Waals surface area (Å²) in [6.07, 6.45) is 1.89. The molecule has 106 valence electrons. The molecule has 0 spiro atoms. The van der Waals surface area contributed by atoms with Crippen LogP contribution in [0.15, 0.2) is 60.8 Å². The SMILES string of the molecule is Cc1ccccc1[C@H](C)NCc1ccnc2ccccc12. The van der Waals surface area contributed by atoms with Crippen molar-refractivity contribution in [3.05, 3.63) is 77.5 Å². The van der Waals surface area contributed by atoms with E-state index in [4.69, 9.17) is 0 Å². The van der Waals surface area contributed by atoms with Crippen molar-refractivity contribution in [2.45, 2.75) is 26.4 Å². The van der Waals surface area contributed by atoms with Gasteiger partial charge in [0.2, 0.25) is 0 Å². The number of nitrogens with one attached hydrogen (secondary N) is 1. The molecule has 1 atom stereocenters. The normalized spacial score (nSPS) is 12.5. The Morgan fingerprint density at radius 2 is 1.76 bits per heavy atom. The van der Waals surface area contributed by atoms with Crippen LogP contribution in [0.5, 0.6) is 0 Å². The van der Waals surface area contributed by atoms with Gasteiger partial charge in [0.1, 0.15) is 0 Å². The molecule has 1 N–H and O–H groups in total. The van der Waals surface area contributed by atoms with E-state index in [0.717, 1.165) is 12.1 Å². The van der Waals surface area contributed by atoms with Gasteiger partial charge < -0.3 is 5.32 Å². The minimum atomic E-state index is 0.332. The van der Waals surface area contributed by atoms with Gasteiger partial charge in [-0.15, -0.1) is 0 Å². The number of nitrogens with zero attached hydrogens (tertiary/aromatic N) is 1. The first-order chi connectivity index (χ1) is 10.3. The van der Waals surface area contributed by atoms with Gasteiger partial charge in [-0.2, -0.15) is 0 Å². The number of para-hydroxylation sites is 1. The van der Waals surface area contributed by atoms with Crippen LogP contribution in [0.25, 0.3) is 10.9 Å². The van der Waals surface area contributed by atoms with E-state index in [2.05, 4.69) is 72.7 Å². The number of fused-ring (bicyclic) bond motifs is 1. The zero-order chi connectivity index (χ0) is 14.7. The average Bonchev–Trinajstić information content (AvgIpc) is 2.53. The number of rotatable bonds is 4. The molecule has 1 heterocycles. The standard InChI is InChI=1S/C19H20N2/c1-14-7-3-4-8-17(14)15(2)21-13-16-11-12-20-19-10-6-5-9-18(16)19/h3-12,15,21H,13H2,1-2H3/t15-/m0/s1. The second-order valence-electron chi connectivity index (χ2n) is 5.45. The highest BCUT2D eigenvalue weighted by molar-refractivity contribution is 5.81. The summed E-state index contributed by atoms with van der Waals surface area (Å²) in [4.78, 5) is 4.41. The lowest BCUT2D eigenvalue weighted by Crippen LogP contribution is -2.19. The van der Waals surface area contributed by atoms with Crippen LogP contribution in [0.4, 0.5) is 0 Å². The number of aryl methyl sites for hydroxylation is 1. The van der Waals surface area contributed by atoms with Crippen LogP contribution in [0, 0.1) is 6.92 Å². The zero-order valence-electron chi connectivity index (χ0n) is 12.5. The molecule has 21 heavy (non-hydrogen) atoms. The molecular weight excluding hydrogens is 256 g/mol. The second-order valence-corrected chi connectivity index (χ2v) is 5.45. The molecule has 0 radical (unpaired) electrons.